The van der Waals surface area contributed by atoms with Crippen LogP contribution < -0.4 is 5.32 Å². The minimum absolute atomic E-state index is 0.157. The fraction of sp³-hybridized carbons (Fsp3) is 0.588. The number of fused-ring (bicyclic) bond motifs is 1. The van der Waals surface area contributed by atoms with Crippen LogP contribution >= 0.6 is 0 Å². The zero-order valence-electron chi connectivity index (χ0n) is 13.0. The van der Waals surface area contributed by atoms with E-state index in [1.54, 1.807) is 0 Å². The number of benzene rings is 1. The maximum absolute atomic E-state index is 12.9. The highest BCUT2D eigenvalue weighted by Crippen LogP contribution is 2.25. The Labute approximate surface area is 127 Å². The molecule has 0 aliphatic carbocycles. The van der Waals surface area contributed by atoms with Crippen LogP contribution in [0.25, 0.3) is 0 Å². The summed E-state index contributed by atoms with van der Waals surface area (Å²) in [5, 5.41) is 3.41. The van der Waals surface area contributed by atoms with Crippen molar-refractivity contribution in [3.63, 3.8) is 0 Å². The minimum atomic E-state index is -0.157. The summed E-state index contributed by atoms with van der Waals surface area (Å²) in [6, 6.07) is 8.67. The lowest BCUT2D eigenvalue weighted by Gasteiger charge is -2.41. The Hall–Kier alpha value is -1.39. The van der Waals surface area contributed by atoms with Gasteiger partial charge in [0.25, 0.3) is 0 Å². The molecule has 114 valence electrons. The average molecular weight is 287 g/mol. The Bertz CT molecular complexity index is 517. The van der Waals surface area contributed by atoms with Gasteiger partial charge in [0.1, 0.15) is 6.04 Å². The molecule has 2 atom stereocenters. The van der Waals surface area contributed by atoms with Gasteiger partial charge in [-0.3, -0.25) is 9.69 Å². The highest BCUT2D eigenvalue weighted by molar-refractivity contribution is 5.84. The maximum Gasteiger partial charge on any atom is 0.244 e. The normalized spacial score (nSPS) is 26.5. The second-order valence-electron chi connectivity index (χ2n) is 6.16. The number of rotatable bonds is 2. The van der Waals surface area contributed by atoms with Crippen LogP contribution in [-0.4, -0.2) is 55.0 Å². The highest BCUT2D eigenvalue weighted by Gasteiger charge is 2.33. The number of hydrogen-bond donors (Lipinski definition) is 1. The lowest BCUT2D eigenvalue weighted by Crippen LogP contribution is -2.55. The molecule has 1 aromatic rings. The third-order valence-corrected chi connectivity index (χ3v) is 4.92. The molecule has 1 fully saturated rings. The molecule has 0 aromatic heterocycles. The molecule has 1 aromatic carbocycles. The molecule has 2 unspecified atom stereocenters. The zero-order chi connectivity index (χ0) is 14.8. The van der Waals surface area contributed by atoms with Gasteiger partial charge in [0.05, 0.1) is 0 Å². The van der Waals surface area contributed by atoms with Gasteiger partial charge in [0.15, 0.2) is 0 Å². The third-order valence-electron chi connectivity index (χ3n) is 4.92. The van der Waals surface area contributed by atoms with Crippen LogP contribution in [-0.2, 0) is 11.2 Å². The van der Waals surface area contributed by atoms with E-state index in [0.29, 0.717) is 6.04 Å². The Morgan fingerprint density at radius 3 is 2.95 bits per heavy atom. The van der Waals surface area contributed by atoms with Crippen LogP contribution in [0.4, 0.5) is 0 Å². The van der Waals surface area contributed by atoms with E-state index in [4.69, 9.17) is 0 Å². The molecule has 0 radical (unpaired) electrons. The predicted octanol–water partition coefficient (Wildman–Crippen LogP) is 1.43. The van der Waals surface area contributed by atoms with Crippen molar-refractivity contribution in [3.8, 4) is 0 Å². The molecule has 1 amide bonds. The number of likely N-dealkylation sites (N-methyl/N-ethyl adjacent to an activating group) is 1. The van der Waals surface area contributed by atoms with Crippen molar-refractivity contribution < 1.29 is 4.79 Å². The number of piperazine rings is 1. The lowest BCUT2D eigenvalue weighted by atomic mass is 9.93. The smallest absolute Gasteiger partial charge is 0.244 e. The van der Waals surface area contributed by atoms with Crippen molar-refractivity contribution in [2.75, 3.05) is 33.2 Å². The first-order chi connectivity index (χ1) is 10.2. The molecule has 0 bridgehead atoms. The number of carbonyl (C=O) groups excluding carboxylic acids is 1. The average Bonchev–Trinajstić information content (AvgIpc) is 2.54. The number of nitrogens with zero attached hydrogens (tertiary/aromatic N) is 2. The SMILES string of the molecule is CCC1CN(C(=O)C2NCCc3ccccc32)CCN1C. The van der Waals surface area contributed by atoms with Crippen LogP contribution in [0.2, 0.25) is 0 Å². The predicted molar refractivity (Wildman–Crippen MR) is 84.2 cm³/mol. The third kappa shape index (κ3) is 2.83. The molecule has 2 aliphatic heterocycles. The molecular formula is C17H25N3O. The Balaban J connectivity index is 1.77. The minimum Gasteiger partial charge on any atom is -0.338 e. The van der Waals surface area contributed by atoms with Crippen LogP contribution in [0.5, 0.6) is 0 Å². The van der Waals surface area contributed by atoms with Gasteiger partial charge in [-0.2, -0.15) is 0 Å². The summed E-state index contributed by atoms with van der Waals surface area (Å²) in [5.41, 5.74) is 2.48. The number of hydrogen-bond acceptors (Lipinski definition) is 3. The van der Waals surface area contributed by atoms with Gasteiger partial charge in [0.2, 0.25) is 5.91 Å². The molecular weight excluding hydrogens is 262 g/mol. The summed E-state index contributed by atoms with van der Waals surface area (Å²) in [4.78, 5) is 17.3. The van der Waals surface area contributed by atoms with Gasteiger partial charge < -0.3 is 10.2 Å². The summed E-state index contributed by atoms with van der Waals surface area (Å²) in [7, 11) is 2.16. The molecule has 2 aliphatic rings. The molecule has 0 saturated carbocycles. The van der Waals surface area contributed by atoms with Gasteiger partial charge in [0, 0.05) is 32.2 Å². The first-order valence-corrected chi connectivity index (χ1v) is 8.01. The van der Waals surface area contributed by atoms with Crippen LogP contribution in [0.3, 0.4) is 0 Å². The van der Waals surface area contributed by atoms with E-state index in [-0.39, 0.29) is 11.9 Å². The lowest BCUT2D eigenvalue weighted by molar-refractivity contribution is -0.136. The Morgan fingerprint density at radius 1 is 1.33 bits per heavy atom. The van der Waals surface area contributed by atoms with Gasteiger partial charge in [-0.15, -0.1) is 0 Å². The van der Waals surface area contributed by atoms with Crippen LogP contribution in [0.15, 0.2) is 24.3 Å². The van der Waals surface area contributed by atoms with Crippen LogP contribution in [0.1, 0.15) is 30.5 Å². The van der Waals surface area contributed by atoms with E-state index in [2.05, 4.69) is 42.4 Å². The fourth-order valence-corrected chi connectivity index (χ4v) is 3.49. The second kappa shape index (κ2) is 6.16. The Morgan fingerprint density at radius 2 is 2.14 bits per heavy atom. The molecule has 4 heteroatoms. The number of nitrogens with one attached hydrogen (secondary N) is 1. The van der Waals surface area contributed by atoms with E-state index in [9.17, 15) is 4.79 Å². The molecule has 4 nitrogen and oxygen atoms in total. The van der Waals surface area contributed by atoms with Crippen molar-refractivity contribution in [3.05, 3.63) is 35.4 Å². The number of carbonyl (C=O) groups is 1. The Kier molecular flexibility index (Phi) is 4.27. The first-order valence-electron chi connectivity index (χ1n) is 8.01. The topological polar surface area (TPSA) is 35.6 Å². The van der Waals surface area contributed by atoms with E-state index >= 15 is 0 Å². The zero-order valence-corrected chi connectivity index (χ0v) is 13.0. The van der Waals surface area contributed by atoms with E-state index in [0.717, 1.165) is 39.0 Å². The summed E-state index contributed by atoms with van der Waals surface area (Å²) >= 11 is 0. The van der Waals surface area contributed by atoms with Gasteiger partial charge in [-0.25, -0.2) is 0 Å². The van der Waals surface area contributed by atoms with E-state index in [1.807, 2.05) is 11.0 Å². The van der Waals surface area contributed by atoms with Crippen molar-refractivity contribution in [1.82, 2.24) is 15.1 Å². The van der Waals surface area contributed by atoms with Crippen molar-refractivity contribution in [2.24, 2.45) is 0 Å². The van der Waals surface area contributed by atoms with Crippen molar-refractivity contribution in [2.45, 2.75) is 31.8 Å². The monoisotopic (exact) mass is 287 g/mol. The summed E-state index contributed by atoms with van der Waals surface area (Å²) in [6.45, 7) is 5.75. The summed E-state index contributed by atoms with van der Waals surface area (Å²) in [5.74, 6) is 0.244. The quantitative estimate of drug-likeness (QED) is 0.894. The fourth-order valence-electron chi connectivity index (χ4n) is 3.49. The van der Waals surface area contributed by atoms with Crippen LogP contribution in [0, 0.1) is 0 Å². The highest BCUT2D eigenvalue weighted by atomic mass is 16.2. The standard InChI is InChI=1S/C17H25N3O/c1-3-14-12-20(11-10-19(14)2)17(21)16-15-7-5-4-6-13(15)8-9-18-16/h4-7,14,16,18H,3,8-12H2,1-2H3. The number of amides is 1. The molecule has 1 saturated heterocycles. The molecule has 0 spiro atoms. The van der Waals surface area contributed by atoms with E-state index in [1.165, 1.54) is 11.1 Å². The van der Waals surface area contributed by atoms with E-state index < -0.39 is 0 Å². The summed E-state index contributed by atoms with van der Waals surface area (Å²) in [6.07, 6.45) is 2.11. The summed E-state index contributed by atoms with van der Waals surface area (Å²) < 4.78 is 0. The second-order valence-corrected chi connectivity index (χ2v) is 6.16. The molecule has 1 N–H and O–H groups in total. The van der Waals surface area contributed by atoms with Gasteiger partial charge in [-0.05, 0) is 31.0 Å². The first kappa shape index (κ1) is 14.5. The van der Waals surface area contributed by atoms with Gasteiger partial charge >= 0.3 is 0 Å². The maximum atomic E-state index is 12.9. The van der Waals surface area contributed by atoms with Crippen molar-refractivity contribution in [1.29, 1.82) is 0 Å². The largest absolute Gasteiger partial charge is 0.338 e. The van der Waals surface area contributed by atoms with Crippen molar-refractivity contribution >= 4 is 5.91 Å². The molecule has 21 heavy (non-hydrogen) atoms. The van der Waals surface area contributed by atoms with Gasteiger partial charge in [-0.1, -0.05) is 31.2 Å². The molecule has 3 rings (SSSR count). The molecule has 2 heterocycles.